The van der Waals surface area contributed by atoms with Gasteiger partial charge in [0, 0.05) is 36.2 Å². The van der Waals surface area contributed by atoms with Gasteiger partial charge in [0.1, 0.15) is 11.5 Å². The Morgan fingerprint density at radius 3 is 2.76 bits per heavy atom. The molecule has 0 radical (unpaired) electrons. The van der Waals surface area contributed by atoms with Gasteiger partial charge in [-0.25, -0.2) is 9.97 Å². The molecule has 2 saturated heterocycles. The van der Waals surface area contributed by atoms with E-state index in [1.165, 1.54) is 12.8 Å². The maximum Gasteiger partial charge on any atom is 0.156 e. The van der Waals surface area contributed by atoms with E-state index in [2.05, 4.69) is 20.1 Å². The van der Waals surface area contributed by atoms with E-state index in [1.807, 2.05) is 19.1 Å². The Bertz CT molecular complexity index is 995. The molecule has 3 N–H and O–H groups in total. The van der Waals surface area contributed by atoms with Gasteiger partial charge in [0.2, 0.25) is 0 Å². The summed E-state index contributed by atoms with van der Waals surface area (Å²) in [7, 11) is 0. The second kappa shape index (κ2) is 10.6. The molecule has 2 aromatic rings. The van der Waals surface area contributed by atoms with Crippen molar-refractivity contribution in [2.75, 3.05) is 49.5 Å². The number of aliphatic hydroxyl groups is 1. The van der Waals surface area contributed by atoms with E-state index in [1.54, 1.807) is 19.2 Å². The zero-order valence-corrected chi connectivity index (χ0v) is 20.7. The van der Waals surface area contributed by atoms with Gasteiger partial charge in [-0.05, 0) is 62.8 Å². The van der Waals surface area contributed by atoms with Gasteiger partial charge in [0.05, 0.1) is 24.6 Å². The van der Waals surface area contributed by atoms with Crippen molar-refractivity contribution < 1.29 is 5.11 Å². The van der Waals surface area contributed by atoms with Crippen molar-refractivity contribution >= 4 is 40.5 Å². The highest BCUT2D eigenvalue weighted by atomic mass is 35.5. The number of nitrogens with one attached hydrogen (secondary N) is 2. The first-order valence-corrected chi connectivity index (χ1v) is 12.3. The zero-order valence-electron chi connectivity index (χ0n) is 19.2. The summed E-state index contributed by atoms with van der Waals surface area (Å²) in [6.07, 6.45) is 4.23. The van der Waals surface area contributed by atoms with Gasteiger partial charge >= 0.3 is 0 Å². The van der Waals surface area contributed by atoms with E-state index in [-0.39, 0.29) is 12.6 Å². The van der Waals surface area contributed by atoms with Crippen molar-refractivity contribution in [3.63, 3.8) is 0 Å². The van der Waals surface area contributed by atoms with Crippen molar-refractivity contribution in [1.29, 1.82) is 5.41 Å². The molecule has 1 aromatic heterocycles. The van der Waals surface area contributed by atoms with Gasteiger partial charge in [-0.1, -0.05) is 29.3 Å². The highest BCUT2D eigenvalue weighted by Crippen LogP contribution is 2.34. The van der Waals surface area contributed by atoms with Crippen LogP contribution in [0.1, 0.15) is 44.0 Å². The summed E-state index contributed by atoms with van der Waals surface area (Å²) >= 11 is 12.4. The van der Waals surface area contributed by atoms with Gasteiger partial charge < -0.3 is 25.6 Å². The Kier molecular flexibility index (Phi) is 7.74. The lowest BCUT2D eigenvalue weighted by molar-refractivity contribution is 0.101. The first-order chi connectivity index (χ1) is 15.9. The van der Waals surface area contributed by atoms with E-state index in [4.69, 9.17) is 33.6 Å². The molecule has 1 aromatic carbocycles. The Labute approximate surface area is 205 Å². The van der Waals surface area contributed by atoms with Crippen LogP contribution < -0.4 is 10.2 Å². The van der Waals surface area contributed by atoms with Crippen LogP contribution in [0.5, 0.6) is 0 Å². The molecule has 2 unspecified atom stereocenters. The minimum absolute atomic E-state index is 0.124. The van der Waals surface area contributed by atoms with Crippen LogP contribution in [0.15, 0.2) is 24.4 Å². The maximum atomic E-state index is 9.26. The van der Waals surface area contributed by atoms with E-state index in [0.717, 1.165) is 44.1 Å². The molecule has 2 aliphatic heterocycles. The molecule has 0 saturated carbocycles. The Morgan fingerprint density at radius 1 is 1.27 bits per heavy atom. The number of aliphatic hydroxyl groups excluding tert-OH is 1. The van der Waals surface area contributed by atoms with Crippen LogP contribution in [0.4, 0.5) is 11.6 Å². The summed E-state index contributed by atoms with van der Waals surface area (Å²) in [6, 6.07) is 5.33. The van der Waals surface area contributed by atoms with Crippen LogP contribution in [0.2, 0.25) is 10.0 Å². The molecule has 4 rings (SSSR count). The van der Waals surface area contributed by atoms with Crippen molar-refractivity contribution in [3.05, 3.63) is 45.7 Å². The standard InChI is InChI=1S/C24H32Cl2N6O/c1-15(27)23-24(29-16(2)20-6-5-19(25)10-21(20)26)30-22(11-28-23)32-13-18(14-32)17-4-3-7-31(12-17)8-9-33/h5-6,10-11,16-18,27,33H,3-4,7-9,12-14H2,1-2H3,(H,29,30). The van der Waals surface area contributed by atoms with Crippen LogP contribution in [0.3, 0.4) is 0 Å². The molecule has 2 aliphatic rings. The molecule has 9 heteroatoms. The largest absolute Gasteiger partial charge is 0.395 e. The fourth-order valence-corrected chi connectivity index (χ4v) is 5.43. The van der Waals surface area contributed by atoms with Gasteiger partial charge in [0.15, 0.2) is 5.82 Å². The monoisotopic (exact) mass is 490 g/mol. The first-order valence-electron chi connectivity index (χ1n) is 11.6. The number of nitrogens with zero attached hydrogens (tertiary/aromatic N) is 4. The number of likely N-dealkylation sites (tertiary alicyclic amines) is 1. The molecule has 2 fully saturated rings. The average molecular weight is 491 g/mol. The second-order valence-corrected chi connectivity index (χ2v) is 10.0. The number of anilines is 2. The number of benzene rings is 1. The van der Waals surface area contributed by atoms with Gasteiger partial charge in [-0.2, -0.15) is 0 Å². The lowest BCUT2D eigenvalue weighted by Gasteiger charge is -2.47. The molecule has 33 heavy (non-hydrogen) atoms. The van der Waals surface area contributed by atoms with Crippen LogP contribution in [0.25, 0.3) is 0 Å². The third kappa shape index (κ3) is 5.60. The molecular weight excluding hydrogens is 459 g/mol. The molecule has 178 valence electrons. The van der Waals surface area contributed by atoms with Crippen molar-refractivity contribution in [2.45, 2.75) is 32.7 Å². The molecule has 0 spiro atoms. The summed E-state index contributed by atoms with van der Waals surface area (Å²) < 4.78 is 0. The van der Waals surface area contributed by atoms with Crippen molar-refractivity contribution in [3.8, 4) is 0 Å². The third-order valence-corrected chi connectivity index (χ3v) is 7.32. The molecular formula is C24H32Cl2N6O. The lowest BCUT2D eigenvalue weighted by atomic mass is 9.80. The Balaban J connectivity index is 1.45. The van der Waals surface area contributed by atoms with Gasteiger partial charge in [0.25, 0.3) is 0 Å². The highest BCUT2D eigenvalue weighted by Gasteiger charge is 2.36. The third-order valence-electron chi connectivity index (χ3n) is 6.76. The topological polar surface area (TPSA) is 88.4 Å². The number of β-amino-alcohol motifs (C(OH)–C–C–N with tert-alkyl or cyclic N) is 1. The number of aromatic nitrogens is 2. The van der Waals surface area contributed by atoms with Crippen LogP contribution in [-0.4, -0.2) is 65.0 Å². The fourth-order valence-electron chi connectivity index (χ4n) is 4.86. The normalized spacial score (nSPS) is 20.4. The van der Waals surface area contributed by atoms with E-state index in [0.29, 0.717) is 39.1 Å². The molecule has 7 nitrogen and oxygen atoms in total. The second-order valence-electron chi connectivity index (χ2n) is 9.17. The molecule has 3 heterocycles. The predicted octanol–water partition coefficient (Wildman–Crippen LogP) is 4.48. The maximum absolute atomic E-state index is 9.26. The lowest BCUT2D eigenvalue weighted by Crippen LogP contribution is -2.54. The van der Waals surface area contributed by atoms with Crippen LogP contribution in [0, 0.1) is 17.2 Å². The SMILES string of the molecule is CC(=N)c1ncc(N2CC(C3CCCN(CCO)C3)C2)nc1NC(C)c1ccc(Cl)cc1Cl. The Hall–Kier alpha value is -1.93. The zero-order chi connectivity index (χ0) is 23.5. The first kappa shape index (κ1) is 24.2. The molecule has 0 aliphatic carbocycles. The van der Waals surface area contributed by atoms with E-state index >= 15 is 0 Å². The predicted molar refractivity (Wildman–Crippen MR) is 135 cm³/mol. The number of halogens is 2. The molecule has 2 atom stereocenters. The van der Waals surface area contributed by atoms with Crippen LogP contribution in [-0.2, 0) is 0 Å². The number of rotatable bonds is 8. The van der Waals surface area contributed by atoms with Crippen molar-refractivity contribution in [2.24, 2.45) is 11.8 Å². The number of piperidine rings is 1. The minimum atomic E-state index is -0.124. The summed E-state index contributed by atoms with van der Waals surface area (Å²) in [5, 5.41) is 22.0. The van der Waals surface area contributed by atoms with E-state index in [9.17, 15) is 5.11 Å². The number of hydrogen-bond donors (Lipinski definition) is 3. The van der Waals surface area contributed by atoms with Crippen molar-refractivity contribution in [1.82, 2.24) is 14.9 Å². The minimum Gasteiger partial charge on any atom is -0.395 e. The quantitative estimate of drug-likeness (QED) is 0.472. The smallest absolute Gasteiger partial charge is 0.156 e. The van der Waals surface area contributed by atoms with Crippen LogP contribution >= 0.6 is 23.2 Å². The highest BCUT2D eigenvalue weighted by molar-refractivity contribution is 6.35. The summed E-state index contributed by atoms with van der Waals surface area (Å²) in [4.78, 5) is 14.0. The Morgan fingerprint density at radius 2 is 2.06 bits per heavy atom. The van der Waals surface area contributed by atoms with Gasteiger partial charge in [-0.3, -0.25) is 0 Å². The summed E-state index contributed by atoms with van der Waals surface area (Å²) in [6.45, 7) is 8.82. The fraction of sp³-hybridized carbons (Fsp3) is 0.542. The molecule has 0 amide bonds. The number of hydrogen-bond acceptors (Lipinski definition) is 7. The summed E-state index contributed by atoms with van der Waals surface area (Å²) in [5.41, 5.74) is 1.81. The average Bonchev–Trinajstić information content (AvgIpc) is 2.73. The summed E-state index contributed by atoms with van der Waals surface area (Å²) in [5.74, 6) is 2.73. The van der Waals surface area contributed by atoms with E-state index < -0.39 is 0 Å². The molecule has 0 bridgehead atoms. The van der Waals surface area contributed by atoms with Gasteiger partial charge in [-0.15, -0.1) is 0 Å².